The number of aliphatic hydroxyl groups is 1. The molecule has 0 saturated carbocycles. The molecular formula is C9H13BrN2O. The number of hydrogen-bond acceptors (Lipinski definition) is 3. The number of hydrogen-bond donors (Lipinski definition) is 2. The van der Waals surface area contributed by atoms with E-state index in [0.717, 1.165) is 11.0 Å². The highest BCUT2D eigenvalue weighted by Gasteiger charge is 2.10. The third-order valence-electron chi connectivity index (χ3n) is 1.69. The number of nitrogens with one attached hydrogen (secondary N) is 1. The molecule has 0 radical (unpaired) electrons. The molecule has 0 fully saturated rings. The molecule has 72 valence electrons. The number of aromatic nitrogens is 1. The van der Waals surface area contributed by atoms with Crippen LogP contribution in [-0.4, -0.2) is 23.2 Å². The summed E-state index contributed by atoms with van der Waals surface area (Å²) < 4.78 is 0.848. The maximum absolute atomic E-state index is 9.68. The molecule has 0 aliphatic heterocycles. The molecule has 1 heterocycles. The average molecular weight is 245 g/mol. The van der Waals surface area contributed by atoms with Gasteiger partial charge in [0.25, 0.3) is 0 Å². The molecule has 0 aliphatic carbocycles. The van der Waals surface area contributed by atoms with Crippen molar-refractivity contribution in [2.24, 2.45) is 0 Å². The predicted octanol–water partition coefficient (Wildman–Crippen LogP) is 1.49. The molecule has 13 heavy (non-hydrogen) atoms. The molecule has 1 aromatic heterocycles. The molecular weight excluding hydrogens is 232 g/mol. The molecule has 0 aromatic carbocycles. The largest absolute Gasteiger partial charge is 0.385 e. The maximum Gasteiger partial charge on any atom is 0.109 e. The van der Waals surface area contributed by atoms with E-state index < -0.39 is 6.10 Å². The van der Waals surface area contributed by atoms with Crippen LogP contribution < -0.4 is 5.32 Å². The summed E-state index contributed by atoms with van der Waals surface area (Å²) in [5, 5.41) is 12.7. The lowest BCUT2D eigenvalue weighted by Crippen LogP contribution is -2.21. The smallest absolute Gasteiger partial charge is 0.109 e. The minimum atomic E-state index is -0.546. The Labute approximate surface area is 86.3 Å². The molecule has 2 N–H and O–H groups in total. The van der Waals surface area contributed by atoms with Crippen molar-refractivity contribution in [3.63, 3.8) is 0 Å². The fourth-order valence-electron chi connectivity index (χ4n) is 1.02. The lowest BCUT2D eigenvalue weighted by atomic mass is 10.2. The highest BCUT2D eigenvalue weighted by atomic mass is 79.9. The highest BCUT2D eigenvalue weighted by molar-refractivity contribution is 9.10. The fraction of sp³-hybridized carbons (Fsp3) is 0.444. The zero-order valence-corrected chi connectivity index (χ0v) is 9.08. The van der Waals surface area contributed by atoms with Crippen LogP contribution in [0.3, 0.4) is 0 Å². The van der Waals surface area contributed by atoms with E-state index in [0.29, 0.717) is 12.2 Å². The minimum Gasteiger partial charge on any atom is -0.385 e. The molecule has 3 nitrogen and oxygen atoms in total. The van der Waals surface area contributed by atoms with Crippen molar-refractivity contribution in [1.29, 1.82) is 0 Å². The van der Waals surface area contributed by atoms with Crippen LogP contribution in [0, 0.1) is 0 Å². The summed E-state index contributed by atoms with van der Waals surface area (Å²) >= 11 is 3.34. The molecule has 4 heteroatoms. The Morgan fingerprint density at radius 1 is 1.69 bits per heavy atom. The van der Waals surface area contributed by atoms with E-state index in [4.69, 9.17) is 0 Å². The summed E-state index contributed by atoms with van der Waals surface area (Å²) in [5.41, 5.74) is 0.684. The molecule has 0 bridgehead atoms. The second kappa shape index (κ2) is 5.32. The lowest BCUT2D eigenvalue weighted by molar-refractivity contribution is 0.170. The van der Waals surface area contributed by atoms with Gasteiger partial charge < -0.3 is 10.4 Å². The first-order chi connectivity index (χ1) is 6.25. The molecule has 0 amide bonds. The molecule has 0 aliphatic rings. The monoisotopic (exact) mass is 244 g/mol. The Kier molecular flexibility index (Phi) is 4.35. The topological polar surface area (TPSA) is 45.1 Å². The van der Waals surface area contributed by atoms with Crippen molar-refractivity contribution in [2.75, 3.05) is 13.1 Å². The van der Waals surface area contributed by atoms with Crippen molar-refractivity contribution in [1.82, 2.24) is 10.3 Å². The standard InChI is InChI=1S/C9H13BrN2O/c1-2-11-6-8(13)9-7(10)4-3-5-12-9/h3-5,8,11,13H,2,6H2,1H3/t8-/m0/s1. The van der Waals surface area contributed by atoms with Gasteiger partial charge in [0.2, 0.25) is 0 Å². The minimum absolute atomic E-state index is 0.534. The highest BCUT2D eigenvalue weighted by Crippen LogP contribution is 2.19. The van der Waals surface area contributed by atoms with Gasteiger partial charge in [0.1, 0.15) is 6.10 Å². The van der Waals surface area contributed by atoms with Crippen LogP contribution in [0.15, 0.2) is 22.8 Å². The molecule has 0 spiro atoms. The van der Waals surface area contributed by atoms with Crippen molar-refractivity contribution < 1.29 is 5.11 Å². The molecule has 1 atom stereocenters. The van der Waals surface area contributed by atoms with Gasteiger partial charge in [-0.1, -0.05) is 6.92 Å². The van der Waals surface area contributed by atoms with Crippen LogP contribution in [0.1, 0.15) is 18.7 Å². The predicted molar refractivity (Wildman–Crippen MR) is 55.4 cm³/mol. The van der Waals surface area contributed by atoms with E-state index in [1.54, 1.807) is 6.20 Å². The maximum atomic E-state index is 9.68. The van der Waals surface area contributed by atoms with E-state index in [-0.39, 0.29) is 0 Å². The lowest BCUT2D eigenvalue weighted by Gasteiger charge is -2.11. The summed E-state index contributed by atoms with van der Waals surface area (Å²) in [4.78, 5) is 4.09. The second-order valence-electron chi connectivity index (χ2n) is 2.69. The van der Waals surface area contributed by atoms with Gasteiger partial charge in [0, 0.05) is 17.2 Å². The average Bonchev–Trinajstić information content (AvgIpc) is 2.15. The van der Waals surface area contributed by atoms with Gasteiger partial charge >= 0.3 is 0 Å². The number of likely N-dealkylation sites (N-methyl/N-ethyl adjacent to an activating group) is 1. The van der Waals surface area contributed by atoms with E-state index in [9.17, 15) is 5.11 Å². The molecule has 1 aromatic rings. The first kappa shape index (κ1) is 10.6. The van der Waals surface area contributed by atoms with Gasteiger partial charge in [-0.2, -0.15) is 0 Å². The Hall–Kier alpha value is -0.450. The van der Waals surface area contributed by atoms with Crippen LogP contribution in [0.2, 0.25) is 0 Å². The zero-order chi connectivity index (χ0) is 9.68. The second-order valence-corrected chi connectivity index (χ2v) is 3.55. The Morgan fingerprint density at radius 2 is 2.46 bits per heavy atom. The van der Waals surface area contributed by atoms with Crippen molar-refractivity contribution >= 4 is 15.9 Å². The van der Waals surface area contributed by atoms with E-state index in [1.807, 2.05) is 19.1 Å². The van der Waals surface area contributed by atoms with Crippen LogP contribution in [0.25, 0.3) is 0 Å². The van der Waals surface area contributed by atoms with Gasteiger partial charge in [-0.25, -0.2) is 0 Å². The summed E-state index contributed by atoms with van der Waals surface area (Å²) in [6, 6.07) is 3.70. The summed E-state index contributed by atoms with van der Waals surface area (Å²) in [6.07, 6.45) is 1.13. The molecule has 1 rings (SSSR count). The van der Waals surface area contributed by atoms with Crippen LogP contribution in [0.4, 0.5) is 0 Å². The Morgan fingerprint density at radius 3 is 3.08 bits per heavy atom. The number of pyridine rings is 1. The van der Waals surface area contributed by atoms with Crippen LogP contribution in [-0.2, 0) is 0 Å². The van der Waals surface area contributed by atoms with Crippen molar-refractivity contribution in [3.8, 4) is 0 Å². The Bertz CT molecular complexity index is 268. The third-order valence-corrected chi connectivity index (χ3v) is 2.36. The summed E-state index contributed by atoms with van der Waals surface area (Å²) in [6.45, 7) is 3.38. The van der Waals surface area contributed by atoms with Gasteiger partial charge in [-0.05, 0) is 34.6 Å². The van der Waals surface area contributed by atoms with Gasteiger partial charge in [0.05, 0.1) is 5.69 Å². The number of nitrogens with zero attached hydrogens (tertiary/aromatic N) is 1. The Balaban J connectivity index is 2.65. The van der Waals surface area contributed by atoms with Gasteiger partial charge in [-0.3, -0.25) is 4.98 Å². The first-order valence-electron chi connectivity index (χ1n) is 4.25. The number of rotatable bonds is 4. The third kappa shape index (κ3) is 3.06. The van der Waals surface area contributed by atoms with Gasteiger partial charge in [0.15, 0.2) is 0 Å². The van der Waals surface area contributed by atoms with Crippen LogP contribution in [0.5, 0.6) is 0 Å². The van der Waals surface area contributed by atoms with E-state index >= 15 is 0 Å². The van der Waals surface area contributed by atoms with Crippen LogP contribution >= 0.6 is 15.9 Å². The molecule has 0 unspecified atom stereocenters. The molecule has 0 saturated heterocycles. The van der Waals surface area contributed by atoms with Gasteiger partial charge in [-0.15, -0.1) is 0 Å². The summed E-state index contributed by atoms with van der Waals surface area (Å²) in [5.74, 6) is 0. The van der Waals surface area contributed by atoms with Crippen molar-refractivity contribution in [2.45, 2.75) is 13.0 Å². The normalized spacial score (nSPS) is 12.8. The zero-order valence-electron chi connectivity index (χ0n) is 7.50. The van der Waals surface area contributed by atoms with E-state index in [1.165, 1.54) is 0 Å². The number of halogens is 1. The summed E-state index contributed by atoms with van der Waals surface area (Å²) in [7, 11) is 0. The number of aliphatic hydroxyl groups excluding tert-OH is 1. The first-order valence-corrected chi connectivity index (χ1v) is 5.04. The van der Waals surface area contributed by atoms with Crippen molar-refractivity contribution in [3.05, 3.63) is 28.5 Å². The fourth-order valence-corrected chi connectivity index (χ4v) is 1.54. The quantitative estimate of drug-likeness (QED) is 0.844. The SMILES string of the molecule is CCNC[C@H](O)c1ncccc1Br. The van der Waals surface area contributed by atoms with E-state index in [2.05, 4.69) is 26.2 Å².